The molecule has 8 heteroatoms. The summed E-state index contributed by atoms with van der Waals surface area (Å²) in [5.41, 5.74) is 0.683. The molecule has 1 aliphatic heterocycles. The summed E-state index contributed by atoms with van der Waals surface area (Å²) in [5, 5.41) is 0.358. The maximum Gasteiger partial charge on any atom is 0.281 e. The van der Waals surface area contributed by atoms with Gasteiger partial charge in [0.1, 0.15) is 0 Å². The Hall–Kier alpha value is -0.760. The van der Waals surface area contributed by atoms with E-state index in [1.165, 1.54) is 28.9 Å². The van der Waals surface area contributed by atoms with Crippen LogP contribution in [0.15, 0.2) is 12.4 Å². The molecule has 106 valence electrons. The lowest BCUT2D eigenvalue weighted by Gasteiger charge is -2.33. The first-order chi connectivity index (χ1) is 8.93. The van der Waals surface area contributed by atoms with Gasteiger partial charge in [-0.3, -0.25) is 4.98 Å². The highest BCUT2D eigenvalue weighted by Crippen LogP contribution is 2.30. The van der Waals surface area contributed by atoms with Gasteiger partial charge in [-0.1, -0.05) is 11.6 Å². The van der Waals surface area contributed by atoms with Gasteiger partial charge < -0.3 is 0 Å². The predicted molar refractivity (Wildman–Crippen MR) is 73.2 cm³/mol. The molecular formula is C11H17ClN4O2S. The van der Waals surface area contributed by atoms with Crippen LogP contribution in [-0.4, -0.2) is 54.2 Å². The molecule has 1 aliphatic rings. The van der Waals surface area contributed by atoms with E-state index < -0.39 is 10.2 Å². The van der Waals surface area contributed by atoms with Crippen molar-refractivity contribution in [1.82, 2.24) is 18.6 Å². The van der Waals surface area contributed by atoms with Crippen LogP contribution in [0.1, 0.15) is 24.5 Å². The molecule has 1 fully saturated rings. The highest BCUT2D eigenvalue weighted by atomic mass is 35.5. The standard InChI is InChI=1S/C11H17ClN4O2S/c1-15(2)19(17,18)16-7-3-4-9(8-16)10-11(12)14-6-5-13-10/h5-6,9H,3-4,7-8H2,1-2H3. The second-order valence-electron chi connectivity index (χ2n) is 4.72. The Labute approximate surface area is 118 Å². The number of rotatable bonds is 3. The maximum atomic E-state index is 12.1. The van der Waals surface area contributed by atoms with E-state index in [4.69, 9.17) is 11.6 Å². The van der Waals surface area contributed by atoms with Crippen LogP contribution in [0.2, 0.25) is 5.15 Å². The number of piperidine rings is 1. The first-order valence-electron chi connectivity index (χ1n) is 6.07. The molecule has 2 rings (SSSR count). The zero-order chi connectivity index (χ0) is 14.0. The van der Waals surface area contributed by atoms with E-state index in [-0.39, 0.29) is 5.92 Å². The summed E-state index contributed by atoms with van der Waals surface area (Å²) in [6.07, 6.45) is 4.78. The van der Waals surface area contributed by atoms with Crippen LogP contribution in [0.5, 0.6) is 0 Å². The van der Waals surface area contributed by atoms with Gasteiger partial charge in [-0.15, -0.1) is 0 Å². The zero-order valence-electron chi connectivity index (χ0n) is 11.0. The molecule has 0 N–H and O–H groups in total. The van der Waals surface area contributed by atoms with Crippen molar-refractivity contribution in [3.8, 4) is 0 Å². The number of aromatic nitrogens is 2. The van der Waals surface area contributed by atoms with Gasteiger partial charge in [-0.25, -0.2) is 4.98 Å². The van der Waals surface area contributed by atoms with Crippen LogP contribution in [0, 0.1) is 0 Å². The van der Waals surface area contributed by atoms with Gasteiger partial charge in [-0.05, 0) is 12.8 Å². The minimum Gasteiger partial charge on any atom is -0.256 e. The largest absolute Gasteiger partial charge is 0.281 e. The third-order valence-electron chi connectivity index (χ3n) is 3.24. The monoisotopic (exact) mass is 304 g/mol. The molecule has 0 bridgehead atoms. The van der Waals surface area contributed by atoms with Crippen molar-refractivity contribution in [3.05, 3.63) is 23.2 Å². The molecule has 2 heterocycles. The normalized spacial score (nSPS) is 21.8. The minimum absolute atomic E-state index is 0.00433. The molecule has 0 saturated carbocycles. The smallest absolute Gasteiger partial charge is 0.256 e. The fraction of sp³-hybridized carbons (Fsp3) is 0.636. The van der Waals surface area contributed by atoms with Gasteiger partial charge in [-0.2, -0.15) is 17.0 Å². The Balaban J connectivity index is 2.21. The summed E-state index contributed by atoms with van der Waals surface area (Å²) >= 11 is 6.03. The molecular weight excluding hydrogens is 288 g/mol. The summed E-state index contributed by atoms with van der Waals surface area (Å²) in [7, 11) is -0.306. The fourth-order valence-electron chi connectivity index (χ4n) is 2.21. The molecule has 0 radical (unpaired) electrons. The fourth-order valence-corrected chi connectivity index (χ4v) is 3.66. The molecule has 1 unspecified atom stereocenters. The maximum absolute atomic E-state index is 12.1. The SMILES string of the molecule is CN(C)S(=O)(=O)N1CCCC(c2nccnc2Cl)C1. The van der Waals surface area contributed by atoms with Crippen molar-refractivity contribution < 1.29 is 8.42 Å². The lowest BCUT2D eigenvalue weighted by atomic mass is 9.96. The lowest BCUT2D eigenvalue weighted by Crippen LogP contribution is -2.45. The molecule has 1 aromatic heterocycles. The van der Waals surface area contributed by atoms with E-state index in [1.807, 2.05) is 0 Å². The molecule has 1 aromatic rings. The Morgan fingerprint density at radius 3 is 2.68 bits per heavy atom. The average molecular weight is 305 g/mol. The molecule has 0 aliphatic carbocycles. The summed E-state index contributed by atoms with van der Waals surface area (Å²) in [4.78, 5) is 8.23. The topological polar surface area (TPSA) is 66.4 Å². The minimum atomic E-state index is -3.38. The Morgan fingerprint density at radius 2 is 2.05 bits per heavy atom. The third-order valence-corrected chi connectivity index (χ3v) is 5.44. The van der Waals surface area contributed by atoms with Crippen molar-refractivity contribution in [2.45, 2.75) is 18.8 Å². The molecule has 6 nitrogen and oxygen atoms in total. The zero-order valence-corrected chi connectivity index (χ0v) is 12.5. The first-order valence-corrected chi connectivity index (χ1v) is 7.84. The summed E-state index contributed by atoms with van der Waals surface area (Å²) in [6.45, 7) is 0.938. The van der Waals surface area contributed by atoms with E-state index >= 15 is 0 Å². The van der Waals surface area contributed by atoms with Crippen molar-refractivity contribution in [1.29, 1.82) is 0 Å². The highest BCUT2D eigenvalue weighted by Gasteiger charge is 2.32. The van der Waals surface area contributed by atoms with Crippen molar-refractivity contribution in [3.63, 3.8) is 0 Å². The highest BCUT2D eigenvalue weighted by molar-refractivity contribution is 7.86. The van der Waals surface area contributed by atoms with Crippen molar-refractivity contribution >= 4 is 21.8 Å². The Morgan fingerprint density at radius 1 is 1.37 bits per heavy atom. The van der Waals surface area contributed by atoms with Crippen LogP contribution in [-0.2, 0) is 10.2 Å². The summed E-state index contributed by atoms with van der Waals surface area (Å²) in [5.74, 6) is 0.00433. The number of hydrogen-bond acceptors (Lipinski definition) is 4. The van der Waals surface area contributed by atoms with Gasteiger partial charge >= 0.3 is 0 Å². The number of halogens is 1. The third kappa shape index (κ3) is 3.05. The Kier molecular flexibility index (Phi) is 4.39. The van der Waals surface area contributed by atoms with E-state index in [2.05, 4.69) is 9.97 Å². The second kappa shape index (κ2) is 5.70. The molecule has 1 atom stereocenters. The van der Waals surface area contributed by atoms with Crippen molar-refractivity contribution in [2.24, 2.45) is 0 Å². The van der Waals surface area contributed by atoms with Crippen LogP contribution < -0.4 is 0 Å². The van der Waals surface area contributed by atoms with E-state index in [1.54, 1.807) is 6.20 Å². The van der Waals surface area contributed by atoms with Gasteiger partial charge in [0.15, 0.2) is 5.15 Å². The second-order valence-corrected chi connectivity index (χ2v) is 7.22. The van der Waals surface area contributed by atoms with Crippen LogP contribution in [0.4, 0.5) is 0 Å². The summed E-state index contributed by atoms with van der Waals surface area (Å²) in [6, 6.07) is 0. The van der Waals surface area contributed by atoms with Crippen LogP contribution in [0.25, 0.3) is 0 Å². The molecule has 1 saturated heterocycles. The molecule has 0 aromatic carbocycles. The Bertz CT molecular complexity index is 549. The average Bonchev–Trinajstić information content (AvgIpc) is 2.39. The van der Waals surface area contributed by atoms with Crippen LogP contribution >= 0.6 is 11.6 Å². The van der Waals surface area contributed by atoms with Gasteiger partial charge in [0.25, 0.3) is 10.2 Å². The van der Waals surface area contributed by atoms with Gasteiger partial charge in [0.2, 0.25) is 0 Å². The molecule has 19 heavy (non-hydrogen) atoms. The van der Waals surface area contributed by atoms with E-state index in [0.717, 1.165) is 12.8 Å². The lowest BCUT2D eigenvalue weighted by molar-refractivity contribution is 0.296. The van der Waals surface area contributed by atoms with Gasteiger partial charge in [0.05, 0.1) is 5.69 Å². The molecule has 0 spiro atoms. The number of nitrogens with zero attached hydrogens (tertiary/aromatic N) is 4. The number of hydrogen-bond donors (Lipinski definition) is 0. The van der Waals surface area contributed by atoms with E-state index in [0.29, 0.717) is 23.9 Å². The summed E-state index contributed by atoms with van der Waals surface area (Å²) < 4.78 is 27.0. The predicted octanol–water partition coefficient (Wildman–Crippen LogP) is 1.12. The van der Waals surface area contributed by atoms with E-state index in [9.17, 15) is 8.42 Å². The van der Waals surface area contributed by atoms with Crippen LogP contribution in [0.3, 0.4) is 0 Å². The molecule has 0 amide bonds. The quantitative estimate of drug-likeness (QED) is 0.839. The first kappa shape index (κ1) is 14.6. The van der Waals surface area contributed by atoms with Gasteiger partial charge in [0, 0.05) is 45.5 Å². The van der Waals surface area contributed by atoms with Crippen molar-refractivity contribution in [2.75, 3.05) is 27.2 Å².